The molecule has 31 N–H and O–H groups in total. The van der Waals surface area contributed by atoms with E-state index in [2.05, 4.69) is 31.9 Å². The normalized spacial score (nSPS) is 47.8. The Morgan fingerprint density at radius 3 is 0.891 bits per heavy atom. The smallest absolute Gasteiger partial charge is 0.217 e. The third-order valence-corrected chi connectivity index (χ3v) is 23.2. The largest absolute Gasteiger partial charge is 0.394 e. The molecule has 6 amide bonds. The molecule has 56 nitrogen and oxygen atoms in total. The van der Waals surface area contributed by atoms with Crippen molar-refractivity contribution in [2.45, 2.75) is 355 Å². The molecule has 0 aromatic rings. The van der Waals surface area contributed by atoms with Crippen LogP contribution in [0.2, 0.25) is 0 Å². The third kappa shape index (κ3) is 23.6. The van der Waals surface area contributed by atoms with Gasteiger partial charge in [0, 0.05) is 41.5 Å². The van der Waals surface area contributed by atoms with Crippen LogP contribution in [-0.2, 0) is 119 Å². The predicted octanol–water partition coefficient (Wildman–Crippen LogP) is -20.9. The van der Waals surface area contributed by atoms with Crippen LogP contribution in [0.1, 0.15) is 48.5 Å². The standard InChI is InChI=1S/C72H120N6O50/c1-17-39(93)50(104)53(107)69(111-17)125-59-38(78-23(7)92)68(119-31(15-86)57(59)123-64-34(74-19(3)88)45(99)40(94)24(8-79)113-64)128-62-52(106)44(98)28(12-83)117-72(62)126-60-54(108)70(122-56-30(14-85)118-67(37(49(56)103)77-22(6)91)121-55-29(13-84)112-63(109)33(48(55)102)73-18(2)87)120-32(58(60)124-65-35(75-20(4)89)46(100)41(95)25(9-80)114-65)16-110-71-61(51(105)43(97)27(11-82)116-71)127-66-36(76-21(5)90)47(101)42(96)26(10-81)115-66/h17,24-72,79-86,93-109H,8-16H2,1-7H3,(H,73,87)(H,74,88)(H,75,89)(H,76,90)(H,77,91)(H,78,92)/t17-,24+,25+,26+,27+,28+,29+,30+,31+,32+,33+,34+,35-,36+,37+,38+,39+,40-,41+,42+,43+,44+,45+,46+,47+,48+,49+,50+,51-,52-,53-,54-,55+,56+,57+,58+,59+,60+,61-,62-,63?,64-,65-,66-,67-,68-,69-,70-,71-,72+/m0/s1. The second-order valence-electron chi connectivity index (χ2n) is 32.4. The minimum atomic E-state index is -2.80. The molecule has 10 rings (SSSR count). The van der Waals surface area contributed by atoms with E-state index in [4.69, 9.17) is 90.0 Å². The fourth-order valence-electron chi connectivity index (χ4n) is 16.7. The molecule has 738 valence electrons. The summed E-state index contributed by atoms with van der Waals surface area (Å²) in [6.07, 6.45) is -95.7. The number of amides is 6. The van der Waals surface area contributed by atoms with E-state index < -0.39 is 402 Å². The second kappa shape index (κ2) is 46.1. The Kier molecular flexibility index (Phi) is 37.8. The first-order chi connectivity index (χ1) is 60.5. The minimum absolute atomic E-state index is 0.824. The van der Waals surface area contributed by atoms with Crippen molar-refractivity contribution >= 4 is 35.4 Å². The summed E-state index contributed by atoms with van der Waals surface area (Å²) in [4.78, 5) is 78.1. The Labute approximate surface area is 726 Å². The van der Waals surface area contributed by atoms with Gasteiger partial charge < -0.3 is 250 Å². The molecule has 10 fully saturated rings. The number of carbonyl (C=O) groups is 6. The number of ether oxygens (including phenoxy) is 19. The molecule has 0 aliphatic carbocycles. The van der Waals surface area contributed by atoms with Gasteiger partial charge in [-0.15, -0.1) is 0 Å². The second-order valence-corrected chi connectivity index (χ2v) is 32.4. The van der Waals surface area contributed by atoms with Gasteiger partial charge >= 0.3 is 0 Å². The molecule has 0 aromatic carbocycles. The lowest BCUT2D eigenvalue weighted by Gasteiger charge is -2.53. The summed E-state index contributed by atoms with van der Waals surface area (Å²) < 4.78 is 118. The number of hydrogen-bond donors (Lipinski definition) is 31. The molecule has 50 atom stereocenters. The van der Waals surface area contributed by atoms with Crippen LogP contribution in [0.3, 0.4) is 0 Å². The molecule has 0 aromatic heterocycles. The number of rotatable bonds is 33. The van der Waals surface area contributed by atoms with E-state index >= 15 is 0 Å². The Hall–Kier alpha value is -4.94. The molecular weight excluding hydrogens is 1750 g/mol. The fourth-order valence-corrected chi connectivity index (χ4v) is 16.7. The zero-order valence-electron chi connectivity index (χ0n) is 69.6. The Morgan fingerprint density at radius 2 is 0.484 bits per heavy atom. The average molecular weight is 1870 g/mol. The molecule has 128 heavy (non-hydrogen) atoms. The molecule has 0 bridgehead atoms. The van der Waals surface area contributed by atoms with Crippen LogP contribution in [0.4, 0.5) is 0 Å². The van der Waals surface area contributed by atoms with E-state index in [1.54, 1.807) is 0 Å². The van der Waals surface area contributed by atoms with Gasteiger partial charge in [-0.1, -0.05) is 0 Å². The number of nitrogens with one attached hydrogen (secondary N) is 6. The van der Waals surface area contributed by atoms with Crippen LogP contribution in [0, 0.1) is 0 Å². The van der Waals surface area contributed by atoms with Crippen molar-refractivity contribution in [3.63, 3.8) is 0 Å². The summed E-state index contributed by atoms with van der Waals surface area (Å²) in [5.41, 5.74) is 0. The van der Waals surface area contributed by atoms with Gasteiger partial charge in [-0.2, -0.15) is 0 Å². The quantitative estimate of drug-likeness (QED) is 0.0290. The zero-order valence-corrected chi connectivity index (χ0v) is 69.6. The minimum Gasteiger partial charge on any atom is -0.394 e. The molecule has 10 aliphatic rings. The Morgan fingerprint density at radius 1 is 0.219 bits per heavy atom. The monoisotopic (exact) mass is 1870 g/mol. The highest BCUT2D eigenvalue weighted by Gasteiger charge is 2.63. The topological polar surface area (TPSA) is 856 Å². The van der Waals surface area contributed by atoms with Crippen LogP contribution in [-0.4, -0.2) is 529 Å². The van der Waals surface area contributed by atoms with Gasteiger partial charge in [-0.25, -0.2) is 0 Å². The van der Waals surface area contributed by atoms with Crippen LogP contribution < -0.4 is 31.9 Å². The van der Waals surface area contributed by atoms with Crippen molar-refractivity contribution in [1.82, 2.24) is 31.9 Å². The molecule has 0 radical (unpaired) electrons. The van der Waals surface area contributed by atoms with Crippen molar-refractivity contribution in [3.05, 3.63) is 0 Å². The number of carbonyl (C=O) groups excluding carboxylic acids is 6. The van der Waals surface area contributed by atoms with Crippen molar-refractivity contribution in [3.8, 4) is 0 Å². The first kappa shape index (κ1) is 105. The van der Waals surface area contributed by atoms with E-state index in [0.717, 1.165) is 41.5 Å². The number of aliphatic hydroxyl groups is 25. The van der Waals surface area contributed by atoms with Crippen molar-refractivity contribution in [2.24, 2.45) is 0 Å². The van der Waals surface area contributed by atoms with Crippen molar-refractivity contribution in [2.75, 3.05) is 59.5 Å². The molecule has 1 unspecified atom stereocenters. The maximum absolute atomic E-state index is 13.8. The zero-order chi connectivity index (χ0) is 94.4. The highest BCUT2D eigenvalue weighted by molar-refractivity contribution is 5.75. The maximum Gasteiger partial charge on any atom is 0.217 e. The van der Waals surface area contributed by atoms with Crippen molar-refractivity contribution < 1.29 is 246 Å². The lowest BCUT2D eigenvalue weighted by Crippen LogP contribution is -2.72. The molecule has 56 heteroatoms. The molecule has 10 heterocycles. The molecular formula is C72H120N6O50. The lowest BCUT2D eigenvalue weighted by atomic mass is 9.93. The van der Waals surface area contributed by atoms with Crippen LogP contribution in [0.15, 0.2) is 0 Å². The summed E-state index contributed by atoms with van der Waals surface area (Å²) >= 11 is 0. The summed E-state index contributed by atoms with van der Waals surface area (Å²) in [7, 11) is 0. The van der Waals surface area contributed by atoms with Crippen LogP contribution >= 0.6 is 0 Å². The summed E-state index contributed by atoms with van der Waals surface area (Å²) in [5, 5.41) is 299. The highest BCUT2D eigenvalue weighted by atomic mass is 16.8. The molecule has 0 spiro atoms. The average Bonchev–Trinajstić information content (AvgIpc) is 0.756. The summed E-state index contributed by atoms with van der Waals surface area (Å²) in [6.45, 7) is -3.90. The maximum atomic E-state index is 13.8. The Balaban J connectivity index is 1.13. The van der Waals surface area contributed by atoms with E-state index in [0.29, 0.717) is 0 Å². The van der Waals surface area contributed by atoms with E-state index in [9.17, 15) is 156 Å². The van der Waals surface area contributed by atoms with Gasteiger partial charge in [0.1, 0.15) is 238 Å². The van der Waals surface area contributed by atoms with Gasteiger partial charge in [0.2, 0.25) is 35.4 Å². The van der Waals surface area contributed by atoms with Crippen LogP contribution in [0.5, 0.6) is 0 Å². The first-order valence-electron chi connectivity index (χ1n) is 41.0. The molecule has 0 saturated carbocycles. The molecule has 10 saturated heterocycles. The highest BCUT2D eigenvalue weighted by Crippen LogP contribution is 2.42. The number of aliphatic hydroxyl groups excluding tert-OH is 25. The van der Waals surface area contributed by atoms with E-state index in [-0.39, 0.29) is 0 Å². The van der Waals surface area contributed by atoms with Gasteiger partial charge in [0.25, 0.3) is 0 Å². The van der Waals surface area contributed by atoms with E-state index in [1.807, 2.05) is 0 Å². The molecule has 10 aliphatic heterocycles. The fraction of sp³-hybridized carbons (Fsp3) is 0.917. The predicted molar refractivity (Wildman–Crippen MR) is 398 cm³/mol. The summed E-state index contributed by atoms with van der Waals surface area (Å²) in [5.74, 6) is -5.70. The lowest BCUT2D eigenvalue weighted by molar-refractivity contribution is -0.410. The van der Waals surface area contributed by atoms with Gasteiger partial charge in [-0.05, 0) is 6.92 Å². The summed E-state index contributed by atoms with van der Waals surface area (Å²) in [6, 6.07) is -11.6. The number of hydrogen-bond acceptors (Lipinski definition) is 50. The van der Waals surface area contributed by atoms with Crippen molar-refractivity contribution in [1.29, 1.82) is 0 Å². The van der Waals surface area contributed by atoms with E-state index in [1.165, 1.54) is 6.92 Å². The third-order valence-electron chi connectivity index (χ3n) is 23.2. The van der Waals surface area contributed by atoms with Crippen LogP contribution in [0.25, 0.3) is 0 Å². The first-order valence-corrected chi connectivity index (χ1v) is 41.0. The SMILES string of the molecule is CC(=O)N[C@@H]1[C@H](O[C@H]2[C@H](O[C@H]3O[C@H](CO)[C@@H](O)[C@H](O)[C@@H]3O[C@@H]3O[C@H](CO)[C@@H](O[C@@H]4O[C@H](CO)[C@H](O)[C@H](O)[C@H]4NC(C)=O)[C@H](O[C@@H]4O[C@@H](C)[C@@H](O)[C@@H](O)[C@@H]4O)[C@H]3NC(C)=O)[C@H](O)[C@H](O[C@H]3[C@H](O)[C@@H](NC(C)=O)[C@H](O[C@H]4[C@H](O)[C@@H](NC(C)=O)C(O)O[C@@H]4CO)O[C@@H]3CO)O[C@@H]2CO[C@H]2O[C@H](CO)[C@@H](O)[C@H](O)[C@@H]2O[C@@H]2O[C@H](CO)[C@@H](O)[C@H](O)[C@H]2NC(C)=O)O[C@H](CO)[C@@H](O)[C@@H]1O. The van der Waals surface area contributed by atoms with Gasteiger partial charge in [-0.3, -0.25) is 28.8 Å². The van der Waals surface area contributed by atoms with Gasteiger partial charge in [0.15, 0.2) is 62.9 Å². The van der Waals surface area contributed by atoms with Gasteiger partial charge in [0.05, 0.1) is 65.6 Å². The Bertz CT molecular complexity index is 3550.